The van der Waals surface area contributed by atoms with E-state index in [0.29, 0.717) is 16.8 Å². The first-order valence-corrected chi connectivity index (χ1v) is 7.05. The Kier molecular flexibility index (Phi) is 3.39. The third-order valence-electron chi connectivity index (χ3n) is 4.23. The molecule has 1 aromatic rings. The molecular weight excluding hydrogens is 266 g/mol. The Morgan fingerprint density at radius 3 is 2.63 bits per heavy atom. The Morgan fingerprint density at radius 2 is 2.00 bits per heavy atom. The van der Waals surface area contributed by atoms with E-state index in [1.54, 1.807) is 0 Å². The zero-order valence-electron chi connectivity index (χ0n) is 10.5. The van der Waals surface area contributed by atoms with Crippen LogP contribution in [0.1, 0.15) is 25.7 Å². The summed E-state index contributed by atoms with van der Waals surface area (Å²) in [6, 6.07) is 4.12. The molecule has 0 saturated heterocycles. The highest BCUT2D eigenvalue weighted by atomic mass is 32.1. The smallest absolute Gasteiger partial charge is 0.171 e. The van der Waals surface area contributed by atoms with Crippen LogP contribution in [0, 0.1) is 23.5 Å². The predicted octanol–water partition coefficient (Wildman–Crippen LogP) is 3.44. The number of fused-ring (bicyclic) bond motifs is 2. The number of hydrogen-bond acceptors (Lipinski definition) is 1. The van der Waals surface area contributed by atoms with Crippen molar-refractivity contribution < 1.29 is 8.78 Å². The highest BCUT2D eigenvalue weighted by molar-refractivity contribution is 7.80. The molecule has 0 unspecified atom stereocenters. The lowest BCUT2D eigenvalue weighted by molar-refractivity contribution is 0.392. The second kappa shape index (κ2) is 5.04. The molecule has 2 bridgehead atoms. The van der Waals surface area contributed by atoms with Gasteiger partial charge in [0.05, 0.1) is 0 Å². The molecular formula is C14H16F2N2S. The molecule has 5 heteroatoms. The molecule has 19 heavy (non-hydrogen) atoms. The summed E-state index contributed by atoms with van der Waals surface area (Å²) >= 11 is 5.23. The van der Waals surface area contributed by atoms with Gasteiger partial charge in [0.15, 0.2) is 16.7 Å². The number of rotatable bonds is 2. The van der Waals surface area contributed by atoms with Gasteiger partial charge in [0.1, 0.15) is 0 Å². The fourth-order valence-corrected chi connectivity index (χ4v) is 3.60. The molecule has 0 aromatic heterocycles. The number of nitrogens with one attached hydrogen (secondary N) is 2. The van der Waals surface area contributed by atoms with E-state index < -0.39 is 11.6 Å². The van der Waals surface area contributed by atoms with Crippen LogP contribution in [0.25, 0.3) is 0 Å². The van der Waals surface area contributed by atoms with Crippen molar-refractivity contribution in [2.45, 2.75) is 31.7 Å². The van der Waals surface area contributed by atoms with E-state index >= 15 is 0 Å². The third kappa shape index (κ3) is 2.71. The lowest BCUT2D eigenvalue weighted by Crippen LogP contribution is -2.40. The van der Waals surface area contributed by atoms with Crippen LogP contribution in [-0.2, 0) is 0 Å². The van der Waals surface area contributed by atoms with Gasteiger partial charge in [-0.1, -0.05) is 6.42 Å². The maximum absolute atomic E-state index is 13.1. The molecule has 0 amide bonds. The van der Waals surface area contributed by atoms with Crippen LogP contribution in [0.5, 0.6) is 0 Å². The average molecular weight is 282 g/mol. The standard InChI is InChI=1S/C14H16F2N2S/c15-11-4-3-10(7-12(11)16)17-14(19)18-13-6-8-1-2-9(13)5-8/h3-4,7-9,13H,1-2,5-6H2,(H2,17,18,19)/t8-,9-,13+/m1/s1. The van der Waals surface area contributed by atoms with Crippen molar-refractivity contribution in [2.75, 3.05) is 5.32 Å². The summed E-state index contributed by atoms with van der Waals surface area (Å²) in [5.41, 5.74) is 0.472. The molecule has 3 rings (SSSR count). The summed E-state index contributed by atoms with van der Waals surface area (Å²) in [4.78, 5) is 0. The van der Waals surface area contributed by atoms with Gasteiger partial charge >= 0.3 is 0 Å². The maximum atomic E-state index is 13.1. The monoisotopic (exact) mass is 282 g/mol. The summed E-state index contributed by atoms with van der Waals surface area (Å²) < 4.78 is 25.9. The topological polar surface area (TPSA) is 24.1 Å². The summed E-state index contributed by atoms with van der Waals surface area (Å²) in [6.45, 7) is 0. The summed E-state index contributed by atoms with van der Waals surface area (Å²) in [6.07, 6.45) is 5.08. The van der Waals surface area contributed by atoms with Gasteiger partial charge in [0.25, 0.3) is 0 Å². The number of halogens is 2. The van der Waals surface area contributed by atoms with E-state index in [-0.39, 0.29) is 0 Å². The van der Waals surface area contributed by atoms with Gasteiger partial charge in [-0.3, -0.25) is 0 Å². The molecule has 0 spiro atoms. The highest BCUT2D eigenvalue weighted by Gasteiger charge is 2.39. The van der Waals surface area contributed by atoms with E-state index in [2.05, 4.69) is 10.6 Å². The quantitative estimate of drug-likeness (QED) is 0.813. The van der Waals surface area contributed by atoms with Crippen LogP contribution in [0.2, 0.25) is 0 Å². The zero-order valence-corrected chi connectivity index (χ0v) is 11.3. The van der Waals surface area contributed by atoms with Gasteiger partial charge in [-0.2, -0.15) is 0 Å². The minimum atomic E-state index is -0.868. The van der Waals surface area contributed by atoms with Crippen molar-refractivity contribution in [3.05, 3.63) is 29.8 Å². The van der Waals surface area contributed by atoms with Crippen molar-refractivity contribution in [1.29, 1.82) is 0 Å². The third-order valence-corrected chi connectivity index (χ3v) is 4.45. The van der Waals surface area contributed by atoms with Crippen molar-refractivity contribution in [1.82, 2.24) is 5.32 Å². The summed E-state index contributed by atoms with van der Waals surface area (Å²) in [5.74, 6) is -0.159. The lowest BCUT2D eigenvalue weighted by Gasteiger charge is -2.24. The Hall–Kier alpha value is -1.23. The first-order valence-electron chi connectivity index (χ1n) is 6.64. The van der Waals surface area contributed by atoms with Crippen molar-refractivity contribution >= 4 is 23.0 Å². The Balaban J connectivity index is 1.57. The highest BCUT2D eigenvalue weighted by Crippen LogP contribution is 2.44. The fraction of sp³-hybridized carbons (Fsp3) is 0.500. The van der Waals surface area contributed by atoms with E-state index in [0.717, 1.165) is 24.0 Å². The normalized spacial score (nSPS) is 28.4. The molecule has 2 fully saturated rings. The van der Waals surface area contributed by atoms with Gasteiger partial charge in [-0.25, -0.2) is 8.78 Å². The number of hydrogen-bond donors (Lipinski definition) is 2. The minimum absolute atomic E-state index is 0.434. The van der Waals surface area contributed by atoms with E-state index in [1.165, 1.54) is 31.7 Å². The summed E-state index contributed by atoms with van der Waals surface area (Å²) in [7, 11) is 0. The second-order valence-corrected chi connectivity index (χ2v) is 5.92. The molecule has 2 aliphatic rings. The van der Waals surface area contributed by atoms with E-state index in [1.807, 2.05) is 0 Å². The van der Waals surface area contributed by atoms with Crippen molar-refractivity contribution in [2.24, 2.45) is 11.8 Å². The lowest BCUT2D eigenvalue weighted by atomic mass is 9.96. The van der Waals surface area contributed by atoms with Crippen LogP contribution in [-0.4, -0.2) is 11.2 Å². The Labute approximate surface area is 116 Å². The van der Waals surface area contributed by atoms with Gasteiger partial charge < -0.3 is 10.6 Å². The van der Waals surface area contributed by atoms with Crippen LogP contribution >= 0.6 is 12.2 Å². The zero-order chi connectivity index (χ0) is 13.4. The first-order chi connectivity index (χ1) is 9.11. The molecule has 2 N–H and O–H groups in total. The van der Waals surface area contributed by atoms with Gasteiger partial charge in [0, 0.05) is 17.8 Å². The van der Waals surface area contributed by atoms with E-state index in [9.17, 15) is 8.78 Å². The minimum Gasteiger partial charge on any atom is -0.359 e. The largest absolute Gasteiger partial charge is 0.359 e. The molecule has 1 aromatic carbocycles. The first kappa shape index (κ1) is 12.8. The van der Waals surface area contributed by atoms with Gasteiger partial charge in [-0.05, 0) is 55.4 Å². The molecule has 0 heterocycles. The van der Waals surface area contributed by atoms with Crippen LogP contribution in [0.15, 0.2) is 18.2 Å². The molecule has 0 radical (unpaired) electrons. The van der Waals surface area contributed by atoms with Crippen LogP contribution in [0.3, 0.4) is 0 Å². The molecule has 102 valence electrons. The fourth-order valence-electron chi connectivity index (χ4n) is 3.33. The van der Waals surface area contributed by atoms with Crippen LogP contribution in [0.4, 0.5) is 14.5 Å². The predicted molar refractivity (Wildman–Crippen MR) is 75.0 cm³/mol. The summed E-state index contributed by atoms with van der Waals surface area (Å²) in [5, 5.41) is 6.70. The number of thiocarbonyl (C=S) groups is 1. The van der Waals surface area contributed by atoms with Crippen molar-refractivity contribution in [3.8, 4) is 0 Å². The Bertz CT molecular complexity index is 506. The number of anilines is 1. The van der Waals surface area contributed by atoms with E-state index in [4.69, 9.17) is 12.2 Å². The maximum Gasteiger partial charge on any atom is 0.171 e. The van der Waals surface area contributed by atoms with Gasteiger partial charge in [-0.15, -0.1) is 0 Å². The Morgan fingerprint density at radius 1 is 1.16 bits per heavy atom. The van der Waals surface area contributed by atoms with Crippen LogP contribution < -0.4 is 10.6 Å². The second-order valence-electron chi connectivity index (χ2n) is 5.51. The molecule has 2 saturated carbocycles. The average Bonchev–Trinajstić information content (AvgIpc) is 2.96. The van der Waals surface area contributed by atoms with Crippen molar-refractivity contribution in [3.63, 3.8) is 0 Å². The number of benzene rings is 1. The molecule has 3 atom stereocenters. The molecule has 2 nitrogen and oxygen atoms in total. The van der Waals surface area contributed by atoms with Gasteiger partial charge in [0.2, 0.25) is 0 Å². The molecule has 0 aliphatic heterocycles. The SMILES string of the molecule is Fc1ccc(NC(=S)N[C@H]2C[C@@H]3CC[C@@H]2C3)cc1F. The molecule has 2 aliphatic carbocycles.